The Balaban J connectivity index is 1.82. The quantitative estimate of drug-likeness (QED) is 0.263. The predicted octanol–water partition coefficient (Wildman–Crippen LogP) is 4.25. The smallest absolute Gasteiger partial charge is 0.341 e. The number of fused-ring (bicyclic) bond motifs is 1. The molecule has 49 heavy (non-hydrogen) atoms. The second-order valence-electron chi connectivity index (χ2n) is 14.4. The predicted molar refractivity (Wildman–Crippen MR) is 170 cm³/mol. The van der Waals surface area contributed by atoms with E-state index in [1.807, 2.05) is 6.92 Å². The normalized spacial score (nSPS) is 33.4. The van der Waals surface area contributed by atoms with Crippen LogP contribution in [-0.2, 0) is 38.1 Å². The third-order valence-corrected chi connectivity index (χ3v) is 10.7. The molecule has 266 valence electrons. The summed E-state index contributed by atoms with van der Waals surface area (Å²) < 4.78 is 36.9. The number of hydrogen-bond donors (Lipinski definition) is 1. The summed E-state index contributed by atoms with van der Waals surface area (Å²) in [6, 6.07) is 4.48. The Hall–Kier alpha value is -4.10. The zero-order valence-corrected chi connectivity index (χ0v) is 28.9. The van der Waals surface area contributed by atoms with Gasteiger partial charge in [0.05, 0.1) is 34.5 Å². The van der Waals surface area contributed by atoms with Crippen LogP contribution in [-0.4, -0.2) is 81.5 Å². The van der Waals surface area contributed by atoms with Crippen LogP contribution in [0.2, 0.25) is 0 Å². The summed E-state index contributed by atoms with van der Waals surface area (Å²) in [4.78, 5) is 70.9. The van der Waals surface area contributed by atoms with Crippen LogP contribution in [0.5, 0.6) is 0 Å². The van der Waals surface area contributed by atoms with Crippen molar-refractivity contribution in [3.63, 3.8) is 0 Å². The van der Waals surface area contributed by atoms with Crippen LogP contribution in [0.15, 0.2) is 47.5 Å². The second kappa shape index (κ2) is 13.3. The van der Waals surface area contributed by atoms with E-state index in [0.717, 1.165) is 0 Å². The van der Waals surface area contributed by atoms with Crippen molar-refractivity contribution in [1.82, 2.24) is 4.98 Å². The summed E-state index contributed by atoms with van der Waals surface area (Å²) in [6.07, 6.45) is 1.61. The zero-order chi connectivity index (χ0) is 35.9. The molecule has 0 amide bonds. The number of esters is 4. The highest BCUT2D eigenvalue weighted by Crippen LogP contribution is 2.70. The van der Waals surface area contributed by atoms with Gasteiger partial charge in [-0.1, -0.05) is 13.8 Å². The van der Waals surface area contributed by atoms with Crippen LogP contribution in [0.4, 0.5) is 0 Å². The fraction of sp³-hybridized carbons (Fsp3) is 0.611. The van der Waals surface area contributed by atoms with Crippen molar-refractivity contribution in [2.24, 2.45) is 23.2 Å². The number of ether oxygens (including phenoxy) is 5. The van der Waals surface area contributed by atoms with E-state index >= 15 is 0 Å². The first kappa shape index (κ1) is 36.2. The molecule has 9 unspecified atom stereocenters. The van der Waals surface area contributed by atoms with Gasteiger partial charge in [-0.2, -0.15) is 0 Å². The number of aliphatic hydroxyl groups is 1. The van der Waals surface area contributed by atoms with Crippen molar-refractivity contribution in [3.05, 3.63) is 54.2 Å². The van der Waals surface area contributed by atoms with Gasteiger partial charge in [0.1, 0.15) is 42.4 Å². The van der Waals surface area contributed by atoms with Crippen LogP contribution in [0.25, 0.3) is 0 Å². The lowest BCUT2D eigenvalue weighted by molar-refractivity contribution is -0.349. The van der Waals surface area contributed by atoms with E-state index in [4.69, 9.17) is 28.1 Å². The van der Waals surface area contributed by atoms with E-state index in [1.54, 1.807) is 26.8 Å². The van der Waals surface area contributed by atoms with Crippen LogP contribution in [0, 0.1) is 23.2 Å². The van der Waals surface area contributed by atoms with Gasteiger partial charge < -0.3 is 38.0 Å². The molecule has 9 atom stereocenters. The van der Waals surface area contributed by atoms with Gasteiger partial charge in [0.25, 0.3) is 0 Å². The number of rotatable bonds is 11. The zero-order valence-electron chi connectivity index (χ0n) is 28.9. The number of pyridine rings is 1. The number of nitrogens with zero attached hydrogens (tertiary/aromatic N) is 1. The molecule has 3 aliphatic rings. The van der Waals surface area contributed by atoms with Gasteiger partial charge in [0.15, 0.2) is 5.60 Å². The number of hydrogen-bond acceptors (Lipinski definition) is 13. The second-order valence-corrected chi connectivity index (χ2v) is 14.4. The third kappa shape index (κ3) is 6.16. The lowest BCUT2D eigenvalue weighted by Crippen LogP contribution is -2.82. The summed E-state index contributed by atoms with van der Waals surface area (Å²) in [6.45, 7) is 10.6. The monoisotopic (exact) mass is 683 g/mol. The standard InChI is InChI=1S/C36H45NO12/c1-8-20(2)30(40)45-19-35-27(47-32(42)24-11-13-44-18-24)15-26-29(46-22(4)39)36(35,49-33(26,5)6)34(7,43)16-25(14-21(3)38)28(35)48-31(41)23-10-9-12-37-17-23/h9-13,17-18,20,25-29,43H,8,14-16,19H2,1-7H3. The molecule has 5 rings (SSSR count). The van der Waals surface area contributed by atoms with Crippen molar-refractivity contribution in [2.75, 3.05) is 6.61 Å². The average Bonchev–Trinajstić information content (AvgIpc) is 3.63. The van der Waals surface area contributed by atoms with Crippen LogP contribution in [0.1, 0.15) is 94.9 Å². The first-order valence-corrected chi connectivity index (χ1v) is 16.6. The Kier molecular flexibility index (Phi) is 9.83. The topological polar surface area (TPSA) is 178 Å². The fourth-order valence-corrected chi connectivity index (χ4v) is 8.42. The maximum absolute atomic E-state index is 14.0. The van der Waals surface area contributed by atoms with Crippen molar-refractivity contribution in [1.29, 1.82) is 0 Å². The molecular weight excluding hydrogens is 638 g/mol. The Morgan fingerprint density at radius 2 is 1.73 bits per heavy atom. The molecule has 0 aromatic carbocycles. The largest absolute Gasteiger partial charge is 0.472 e. The van der Waals surface area contributed by atoms with E-state index in [9.17, 15) is 29.1 Å². The molecule has 2 aromatic rings. The van der Waals surface area contributed by atoms with Crippen molar-refractivity contribution in [2.45, 2.75) is 109 Å². The van der Waals surface area contributed by atoms with Gasteiger partial charge in [-0.3, -0.25) is 14.6 Å². The van der Waals surface area contributed by atoms with Crippen molar-refractivity contribution in [3.8, 4) is 0 Å². The Morgan fingerprint density at radius 1 is 1.02 bits per heavy atom. The number of carbonyl (C=O) groups excluding carboxylic acids is 5. The van der Waals surface area contributed by atoms with Crippen molar-refractivity contribution >= 4 is 29.7 Å². The third-order valence-electron chi connectivity index (χ3n) is 10.7. The van der Waals surface area contributed by atoms with E-state index in [1.165, 1.54) is 57.8 Å². The molecule has 1 saturated heterocycles. The number of furan rings is 1. The first-order valence-electron chi connectivity index (χ1n) is 16.6. The number of ketones is 1. The number of aromatic nitrogens is 1. The summed E-state index contributed by atoms with van der Waals surface area (Å²) >= 11 is 0. The fourth-order valence-electron chi connectivity index (χ4n) is 8.42. The first-order chi connectivity index (χ1) is 23.0. The molecule has 2 bridgehead atoms. The average molecular weight is 684 g/mol. The molecule has 1 aliphatic heterocycles. The van der Waals surface area contributed by atoms with E-state index in [-0.39, 0.29) is 36.2 Å². The molecule has 3 heterocycles. The van der Waals surface area contributed by atoms with E-state index < -0.39 is 88.8 Å². The highest BCUT2D eigenvalue weighted by atomic mass is 16.6. The Labute approximate surface area is 285 Å². The summed E-state index contributed by atoms with van der Waals surface area (Å²) in [5, 5.41) is 12.8. The number of Topliss-reactive ketones (excluding diaryl/α,β-unsaturated/α-hetero) is 1. The molecule has 2 aliphatic carbocycles. The molecule has 2 aromatic heterocycles. The lowest BCUT2D eigenvalue weighted by atomic mass is 9.44. The van der Waals surface area contributed by atoms with Crippen LogP contribution < -0.4 is 0 Å². The highest BCUT2D eigenvalue weighted by molar-refractivity contribution is 5.90. The maximum atomic E-state index is 14.0. The highest BCUT2D eigenvalue weighted by Gasteiger charge is 2.85. The van der Waals surface area contributed by atoms with Gasteiger partial charge in [0, 0.05) is 37.6 Å². The SMILES string of the molecule is CCC(C)C(=O)OCC12C(OC(=O)c3ccoc3)CC3C(OC(C)=O)C1(OC3(C)C)C(C)(O)CC(CC(C)=O)C2OC(=O)c1cccnc1. The van der Waals surface area contributed by atoms with Gasteiger partial charge in [0.2, 0.25) is 0 Å². The molecule has 13 nitrogen and oxygen atoms in total. The summed E-state index contributed by atoms with van der Waals surface area (Å²) in [7, 11) is 0. The summed E-state index contributed by atoms with van der Waals surface area (Å²) in [5.41, 5.74) is -6.80. The Morgan fingerprint density at radius 3 is 2.33 bits per heavy atom. The van der Waals surface area contributed by atoms with Gasteiger partial charge in [-0.05, 0) is 65.2 Å². The maximum Gasteiger partial charge on any atom is 0.341 e. The minimum Gasteiger partial charge on any atom is -0.472 e. The molecule has 1 N–H and O–H groups in total. The minimum atomic E-state index is -2.00. The lowest BCUT2D eigenvalue weighted by Gasteiger charge is -2.66. The van der Waals surface area contributed by atoms with E-state index in [2.05, 4.69) is 4.98 Å². The van der Waals surface area contributed by atoms with Crippen LogP contribution in [0.3, 0.4) is 0 Å². The summed E-state index contributed by atoms with van der Waals surface area (Å²) in [5.74, 6) is -5.23. The molecule has 13 heteroatoms. The molecule has 3 fully saturated rings. The number of carbonyl (C=O) groups is 5. The molecule has 0 radical (unpaired) electrons. The molecular formula is C36H45NO12. The molecule has 2 saturated carbocycles. The van der Waals surface area contributed by atoms with Gasteiger partial charge in [-0.25, -0.2) is 9.59 Å². The molecule has 1 spiro atoms. The minimum absolute atomic E-state index is 0.0129. The van der Waals surface area contributed by atoms with Gasteiger partial charge >= 0.3 is 23.9 Å². The van der Waals surface area contributed by atoms with Crippen molar-refractivity contribution < 1.29 is 57.2 Å². The Bertz CT molecular complexity index is 1570. The van der Waals surface area contributed by atoms with E-state index in [0.29, 0.717) is 6.42 Å². The van der Waals surface area contributed by atoms with Gasteiger partial charge in [-0.15, -0.1) is 0 Å². The van der Waals surface area contributed by atoms with Crippen LogP contribution >= 0.6 is 0 Å².